The second kappa shape index (κ2) is 14.4. The van der Waals surface area contributed by atoms with Crippen molar-refractivity contribution in [3.05, 3.63) is 23.3 Å². The lowest BCUT2D eigenvalue weighted by Crippen LogP contribution is -2.04. The number of aliphatic carboxylic acids is 1. The van der Waals surface area contributed by atoms with E-state index in [9.17, 15) is 14.7 Å². The summed E-state index contributed by atoms with van der Waals surface area (Å²) in [6.07, 6.45) is 5.16. The Balaban J connectivity index is 1.70. The third-order valence-electron chi connectivity index (χ3n) is 4.54. The topological polar surface area (TPSA) is 110 Å². The van der Waals surface area contributed by atoms with Crippen LogP contribution in [-0.2, 0) is 11.2 Å². The van der Waals surface area contributed by atoms with Gasteiger partial charge in [0.25, 0.3) is 0 Å². The summed E-state index contributed by atoms with van der Waals surface area (Å²) in [5.74, 6) is 1.54. The first-order valence-corrected chi connectivity index (χ1v) is 13.5. The Labute approximate surface area is 201 Å². The maximum Gasteiger partial charge on any atom is 0.303 e. The highest BCUT2D eigenvalue weighted by atomic mass is 32.2. The van der Waals surface area contributed by atoms with Crippen LogP contribution in [-0.4, -0.2) is 50.3 Å². The Bertz CT molecular complexity index is 888. The molecule has 10 heteroatoms. The molecule has 176 valence electrons. The number of benzene rings is 1. The number of nitrogens with zero attached hydrogens (tertiary/aromatic N) is 2. The molecule has 7 nitrogen and oxygen atoms in total. The van der Waals surface area contributed by atoms with Crippen molar-refractivity contribution in [1.29, 1.82) is 0 Å². The average molecular weight is 499 g/mol. The number of thioether (sulfide) groups is 2. The van der Waals surface area contributed by atoms with Crippen molar-refractivity contribution in [2.24, 2.45) is 0 Å². The minimum atomic E-state index is -0.737. The first-order valence-electron chi connectivity index (χ1n) is 10.7. The van der Waals surface area contributed by atoms with E-state index in [1.54, 1.807) is 47.0 Å². The quantitative estimate of drug-likeness (QED) is 0.171. The fraction of sp³-hybridized carbons (Fsp3) is 0.545. The van der Waals surface area contributed by atoms with E-state index in [-0.39, 0.29) is 18.0 Å². The molecule has 0 radical (unpaired) electrons. The molecule has 0 saturated carbocycles. The van der Waals surface area contributed by atoms with Crippen LogP contribution in [0.2, 0.25) is 0 Å². The number of aromatic nitrogens is 2. The number of phenolic OH excluding ortho intramolecular Hbond substituents is 1. The molecular formula is C22H30N2O5S3. The smallest absolute Gasteiger partial charge is 0.303 e. The van der Waals surface area contributed by atoms with Gasteiger partial charge in [-0.15, -0.1) is 10.2 Å². The Morgan fingerprint density at radius 3 is 2.38 bits per heavy atom. The van der Waals surface area contributed by atoms with Crippen LogP contribution in [0.1, 0.15) is 68.3 Å². The molecule has 0 aliphatic heterocycles. The van der Waals surface area contributed by atoms with Crippen molar-refractivity contribution in [2.45, 2.75) is 67.5 Å². The zero-order valence-electron chi connectivity index (χ0n) is 18.5. The van der Waals surface area contributed by atoms with E-state index in [1.165, 1.54) is 6.92 Å². The van der Waals surface area contributed by atoms with Crippen LogP contribution in [0.4, 0.5) is 0 Å². The average Bonchev–Trinajstić information content (AvgIpc) is 3.19. The van der Waals surface area contributed by atoms with E-state index >= 15 is 0 Å². The molecule has 0 unspecified atom stereocenters. The lowest BCUT2D eigenvalue weighted by atomic mass is 10.0. The summed E-state index contributed by atoms with van der Waals surface area (Å²) in [7, 11) is 0. The van der Waals surface area contributed by atoms with Gasteiger partial charge in [-0.05, 0) is 44.7 Å². The number of hydrogen-bond acceptors (Lipinski definition) is 9. The minimum absolute atomic E-state index is 0.0343. The number of rotatable bonds is 16. The highest BCUT2D eigenvalue weighted by Gasteiger charge is 2.16. The number of unbranched alkanes of at least 4 members (excludes halogenated alkanes) is 2. The van der Waals surface area contributed by atoms with Crippen LogP contribution < -0.4 is 4.74 Å². The van der Waals surface area contributed by atoms with Gasteiger partial charge in [0, 0.05) is 23.5 Å². The number of phenols is 1. The van der Waals surface area contributed by atoms with Gasteiger partial charge in [-0.25, -0.2) is 0 Å². The van der Waals surface area contributed by atoms with Gasteiger partial charge in [-0.2, -0.15) is 0 Å². The molecule has 1 heterocycles. The zero-order chi connectivity index (χ0) is 23.3. The summed E-state index contributed by atoms with van der Waals surface area (Å²) in [5.41, 5.74) is 1.03. The maximum atomic E-state index is 11.7. The lowest BCUT2D eigenvalue weighted by Gasteiger charge is -2.14. The van der Waals surface area contributed by atoms with Crippen molar-refractivity contribution in [3.8, 4) is 11.5 Å². The summed E-state index contributed by atoms with van der Waals surface area (Å²) >= 11 is 4.88. The molecule has 0 fully saturated rings. The molecule has 0 amide bonds. The van der Waals surface area contributed by atoms with E-state index < -0.39 is 5.97 Å². The van der Waals surface area contributed by atoms with Crippen molar-refractivity contribution < 1.29 is 24.5 Å². The fourth-order valence-corrected chi connectivity index (χ4v) is 6.03. The van der Waals surface area contributed by atoms with Gasteiger partial charge in [-0.1, -0.05) is 54.6 Å². The molecule has 2 aromatic rings. The Morgan fingerprint density at radius 1 is 1.06 bits per heavy atom. The van der Waals surface area contributed by atoms with E-state index in [0.717, 1.165) is 52.3 Å². The third kappa shape index (κ3) is 8.99. The van der Waals surface area contributed by atoms with Crippen molar-refractivity contribution >= 4 is 46.6 Å². The molecular weight excluding hydrogens is 468 g/mol. The number of ether oxygens (including phenoxy) is 1. The minimum Gasteiger partial charge on any atom is -0.507 e. The number of carbonyl (C=O) groups excluding carboxylic acids is 1. The molecule has 0 atom stereocenters. The van der Waals surface area contributed by atoms with Crippen LogP contribution in [0.15, 0.2) is 20.8 Å². The summed E-state index contributed by atoms with van der Waals surface area (Å²) < 4.78 is 7.75. The number of carboxylic acid groups (broad SMARTS) is 1. The standard InChI is InChI=1S/C22H30N2O5S3/c1-3-8-17-18(11-10-16(15(2)25)20(17)28)29-12-7-14-31-22-24-23-21(32-22)30-13-6-4-5-9-19(26)27/h10-11,28H,3-9,12-14H2,1-2H3,(H,26,27). The van der Waals surface area contributed by atoms with Gasteiger partial charge in [0.05, 0.1) is 12.2 Å². The normalized spacial score (nSPS) is 10.9. The van der Waals surface area contributed by atoms with Crippen molar-refractivity contribution in [1.82, 2.24) is 10.2 Å². The van der Waals surface area contributed by atoms with E-state index in [1.807, 2.05) is 6.92 Å². The van der Waals surface area contributed by atoms with E-state index in [0.29, 0.717) is 29.9 Å². The van der Waals surface area contributed by atoms with Gasteiger partial charge in [0.15, 0.2) is 14.5 Å². The second-order valence-corrected chi connectivity index (χ2v) is 10.8. The van der Waals surface area contributed by atoms with Gasteiger partial charge in [-0.3, -0.25) is 9.59 Å². The molecule has 0 spiro atoms. The molecule has 0 aliphatic carbocycles. The number of carbonyl (C=O) groups is 2. The highest BCUT2D eigenvalue weighted by Crippen LogP contribution is 2.33. The molecule has 0 aliphatic rings. The second-order valence-electron chi connectivity index (χ2n) is 7.18. The van der Waals surface area contributed by atoms with Gasteiger partial charge in [0.2, 0.25) is 0 Å². The van der Waals surface area contributed by atoms with E-state index in [4.69, 9.17) is 9.84 Å². The molecule has 32 heavy (non-hydrogen) atoms. The fourth-order valence-electron chi connectivity index (χ4n) is 2.96. The van der Waals surface area contributed by atoms with Crippen LogP contribution in [0, 0.1) is 0 Å². The molecule has 2 rings (SSSR count). The zero-order valence-corrected chi connectivity index (χ0v) is 20.9. The van der Waals surface area contributed by atoms with Crippen molar-refractivity contribution in [2.75, 3.05) is 18.1 Å². The summed E-state index contributed by atoms with van der Waals surface area (Å²) in [6, 6.07) is 3.39. The van der Waals surface area contributed by atoms with Crippen LogP contribution >= 0.6 is 34.9 Å². The molecule has 2 N–H and O–H groups in total. The van der Waals surface area contributed by atoms with Crippen LogP contribution in [0.5, 0.6) is 11.5 Å². The number of aromatic hydroxyl groups is 1. The summed E-state index contributed by atoms with van der Waals surface area (Å²) in [4.78, 5) is 22.1. The molecule has 0 bridgehead atoms. The summed E-state index contributed by atoms with van der Waals surface area (Å²) in [6.45, 7) is 3.98. The maximum absolute atomic E-state index is 11.7. The predicted molar refractivity (Wildman–Crippen MR) is 130 cm³/mol. The first kappa shape index (κ1) is 26.5. The van der Waals surface area contributed by atoms with Crippen molar-refractivity contribution in [3.63, 3.8) is 0 Å². The number of Topliss-reactive ketones (excluding diaryl/α,β-unsaturated/α-hetero) is 1. The summed E-state index contributed by atoms with van der Waals surface area (Å²) in [5, 5.41) is 27.5. The first-order chi connectivity index (χ1) is 15.4. The van der Waals surface area contributed by atoms with Crippen LogP contribution in [0.3, 0.4) is 0 Å². The Kier molecular flexibility index (Phi) is 11.9. The molecule has 1 aromatic carbocycles. The molecule has 1 aromatic heterocycles. The third-order valence-corrected chi connectivity index (χ3v) is 7.90. The van der Waals surface area contributed by atoms with E-state index in [2.05, 4.69) is 10.2 Å². The number of carboxylic acids is 1. The number of ketones is 1. The largest absolute Gasteiger partial charge is 0.507 e. The molecule has 0 saturated heterocycles. The van der Waals surface area contributed by atoms with Gasteiger partial charge >= 0.3 is 5.97 Å². The monoisotopic (exact) mass is 498 g/mol. The Morgan fingerprint density at radius 2 is 1.75 bits per heavy atom. The van der Waals surface area contributed by atoms with Crippen LogP contribution in [0.25, 0.3) is 0 Å². The Hall–Kier alpha value is -1.78. The highest BCUT2D eigenvalue weighted by molar-refractivity contribution is 8.03. The lowest BCUT2D eigenvalue weighted by molar-refractivity contribution is -0.137. The number of hydrogen-bond donors (Lipinski definition) is 2. The SMILES string of the molecule is CCCc1c(OCCCSc2nnc(SCCCCCC(=O)O)s2)ccc(C(C)=O)c1O. The predicted octanol–water partition coefficient (Wildman–Crippen LogP) is 5.70. The van der Waals surface area contributed by atoms with Gasteiger partial charge in [0.1, 0.15) is 11.5 Å². The van der Waals surface area contributed by atoms with Gasteiger partial charge < -0.3 is 14.9 Å².